The van der Waals surface area contributed by atoms with Crippen molar-refractivity contribution in [2.75, 3.05) is 19.6 Å². The van der Waals surface area contributed by atoms with E-state index in [0.717, 1.165) is 44.8 Å². The smallest absolute Gasteiger partial charge is 0.290 e. The van der Waals surface area contributed by atoms with Gasteiger partial charge in [0, 0.05) is 31.6 Å². The Labute approximate surface area is 210 Å². The van der Waals surface area contributed by atoms with Crippen LogP contribution in [-0.2, 0) is 29.0 Å². The first kappa shape index (κ1) is 25.4. The van der Waals surface area contributed by atoms with Crippen LogP contribution in [0.1, 0.15) is 68.6 Å². The molecule has 1 saturated heterocycles. The van der Waals surface area contributed by atoms with E-state index in [9.17, 15) is 4.79 Å². The van der Waals surface area contributed by atoms with E-state index in [1.165, 1.54) is 73.0 Å². The summed E-state index contributed by atoms with van der Waals surface area (Å²) in [5.41, 5.74) is 6.79. The van der Waals surface area contributed by atoms with E-state index >= 15 is 0 Å². The van der Waals surface area contributed by atoms with Gasteiger partial charge in [-0.15, -0.1) is 0 Å². The highest BCUT2D eigenvalue weighted by Crippen LogP contribution is 2.30. The van der Waals surface area contributed by atoms with Crippen LogP contribution in [-0.4, -0.2) is 53.0 Å². The second kappa shape index (κ2) is 12.3. The number of amides is 1. The molecule has 0 aromatic heterocycles. The van der Waals surface area contributed by atoms with Crippen LogP contribution in [0.2, 0.25) is 0 Å². The number of rotatable bonds is 5. The van der Waals surface area contributed by atoms with Crippen molar-refractivity contribution in [3.8, 4) is 11.1 Å². The molecule has 1 saturated carbocycles. The van der Waals surface area contributed by atoms with Crippen LogP contribution in [0.15, 0.2) is 42.5 Å². The van der Waals surface area contributed by atoms with Gasteiger partial charge in [0.2, 0.25) is 5.91 Å². The Bertz CT molecular complexity index is 982. The summed E-state index contributed by atoms with van der Waals surface area (Å²) in [6, 6.07) is 16.8. The van der Waals surface area contributed by atoms with Crippen LogP contribution in [0.25, 0.3) is 11.1 Å². The lowest BCUT2D eigenvalue weighted by Gasteiger charge is -2.33. The summed E-state index contributed by atoms with van der Waals surface area (Å²) >= 11 is 0. The van der Waals surface area contributed by atoms with E-state index in [1.54, 1.807) is 0 Å². The first-order valence-corrected chi connectivity index (χ1v) is 13.4. The molecule has 3 aliphatic rings. The Kier molecular flexibility index (Phi) is 8.97. The number of benzene rings is 2. The minimum Gasteiger partial charge on any atom is -0.483 e. The normalized spacial score (nSPS) is 20.6. The molecule has 2 aliphatic heterocycles. The van der Waals surface area contributed by atoms with E-state index in [2.05, 4.69) is 59.2 Å². The van der Waals surface area contributed by atoms with Crippen LogP contribution in [0.4, 0.5) is 0 Å². The summed E-state index contributed by atoms with van der Waals surface area (Å²) < 4.78 is 0. The Balaban J connectivity index is 0.000000917. The molecule has 2 fully saturated rings. The molecule has 1 unspecified atom stereocenters. The minimum absolute atomic E-state index is 0.250. The average Bonchev–Trinajstić information content (AvgIpc) is 3.32. The third kappa shape index (κ3) is 6.52. The molecule has 5 nitrogen and oxygen atoms in total. The van der Waals surface area contributed by atoms with Crippen molar-refractivity contribution in [1.82, 2.24) is 9.80 Å². The van der Waals surface area contributed by atoms with E-state index in [4.69, 9.17) is 9.90 Å². The maximum Gasteiger partial charge on any atom is 0.290 e. The topological polar surface area (TPSA) is 60.9 Å². The Morgan fingerprint density at radius 2 is 1.66 bits per heavy atom. The molecule has 5 heteroatoms. The predicted octanol–water partition coefficient (Wildman–Crippen LogP) is 5.55. The fraction of sp³-hybridized carbons (Fsp3) is 0.533. The van der Waals surface area contributed by atoms with Crippen molar-refractivity contribution >= 4 is 12.4 Å². The summed E-state index contributed by atoms with van der Waals surface area (Å²) in [4.78, 5) is 26.1. The third-order valence-corrected chi connectivity index (χ3v) is 8.15. The molecule has 2 aromatic rings. The third-order valence-electron chi connectivity index (χ3n) is 8.15. The summed E-state index contributed by atoms with van der Waals surface area (Å²) in [5.74, 6) is 0.676. The van der Waals surface area contributed by atoms with Crippen LogP contribution >= 0.6 is 0 Å². The molecule has 35 heavy (non-hydrogen) atoms. The fourth-order valence-corrected chi connectivity index (χ4v) is 5.99. The average molecular weight is 477 g/mol. The maximum atomic E-state index is 13.0. The van der Waals surface area contributed by atoms with Gasteiger partial charge in [-0.05, 0) is 79.8 Å². The molecule has 5 rings (SSSR count). The summed E-state index contributed by atoms with van der Waals surface area (Å²) in [7, 11) is 0. The molecule has 0 spiro atoms. The van der Waals surface area contributed by atoms with E-state index < -0.39 is 0 Å². The van der Waals surface area contributed by atoms with Gasteiger partial charge in [-0.3, -0.25) is 9.59 Å². The van der Waals surface area contributed by atoms with Gasteiger partial charge in [-0.25, -0.2) is 0 Å². The lowest BCUT2D eigenvalue weighted by molar-refractivity contribution is -0.137. The molecule has 1 amide bonds. The Hall–Kier alpha value is -2.66. The Morgan fingerprint density at radius 1 is 0.943 bits per heavy atom. The molecular weight excluding hydrogens is 436 g/mol. The number of carbonyl (C=O) groups is 2. The first-order valence-electron chi connectivity index (χ1n) is 13.4. The number of nitrogens with zero attached hydrogens (tertiary/aromatic N) is 2. The van der Waals surface area contributed by atoms with Crippen molar-refractivity contribution in [1.29, 1.82) is 0 Å². The fourth-order valence-electron chi connectivity index (χ4n) is 5.99. The van der Waals surface area contributed by atoms with Crippen LogP contribution in [0, 0.1) is 5.92 Å². The quantitative estimate of drug-likeness (QED) is 0.575. The largest absolute Gasteiger partial charge is 0.483 e. The lowest BCUT2D eigenvalue weighted by atomic mass is 9.87. The van der Waals surface area contributed by atoms with Crippen LogP contribution in [0.5, 0.6) is 0 Å². The molecule has 1 atom stereocenters. The molecule has 1 aliphatic carbocycles. The van der Waals surface area contributed by atoms with Crippen LogP contribution in [0.3, 0.4) is 0 Å². The highest BCUT2D eigenvalue weighted by atomic mass is 16.3. The SMILES string of the molecule is CC1CCCN1CCc1ccc(-c2ccc3c(c2)CCN(C(=O)C2CCCCC2)C3)cc1.O=CO. The lowest BCUT2D eigenvalue weighted by Crippen LogP contribution is -2.40. The van der Waals surface area contributed by atoms with Gasteiger partial charge < -0.3 is 14.9 Å². The number of hydrogen-bond acceptors (Lipinski definition) is 3. The minimum atomic E-state index is -0.250. The second-order valence-corrected chi connectivity index (χ2v) is 10.4. The van der Waals surface area contributed by atoms with Crippen molar-refractivity contribution < 1.29 is 14.7 Å². The summed E-state index contributed by atoms with van der Waals surface area (Å²) in [6.45, 7) is 6.21. The highest BCUT2D eigenvalue weighted by Gasteiger charge is 2.28. The van der Waals surface area contributed by atoms with Gasteiger partial charge in [0.1, 0.15) is 0 Å². The van der Waals surface area contributed by atoms with Gasteiger partial charge >= 0.3 is 0 Å². The maximum absolute atomic E-state index is 13.0. The number of hydrogen-bond donors (Lipinski definition) is 1. The van der Waals surface area contributed by atoms with Gasteiger partial charge in [0.15, 0.2) is 0 Å². The predicted molar refractivity (Wildman–Crippen MR) is 140 cm³/mol. The van der Waals surface area contributed by atoms with Crippen molar-refractivity contribution in [2.24, 2.45) is 5.92 Å². The van der Waals surface area contributed by atoms with Gasteiger partial charge in [0.05, 0.1) is 0 Å². The molecular formula is C30H40N2O3. The number of carboxylic acid groups (broad SMARTS) is 1. The zero-order valence-corrected chi connectivity index (χ0v) is 21.1. The van der Waals surface area contributed by atoms with Crippen molar-refractivity contribution in [3.63, 3.8) is 0 Å². The van der Waals surface area contributed by atoms with Gasteiger partial charge in [-0.1, -0.05) is 61.7 Å². The van der Waals surface area contributed by atoms with E-state index in [-0.39, 0.29) is 12.4 Å². The van der Waals surface area contributed by atoms with E-state index in [0.29, 0.717) is 5.91 Å². The Morgan fingerprint density at radius 3 is 2.34 bits per heavy atom. The molecule has 2 aromatic carbocycles. The van der Waals surface area contributed by atoms with Crippen LogP contribution < -0.4 is 0 Å². The molecule has 0 bridgehead atoms. The molecule has 1 N–H and O–H groups in total. The van der Waals surface area contributed by atoms with E-state index in [1.807, 2.05) is 0 Å². The second-order valence-electron chi connectivity index (χ2n) is 10.4. The zero-order chi connectivity index (χ0) is 24.6. The number of fused-ring (bicyclic) bond motifs is 1. The number of carbonyl (C=O) groups excluding carboxylic acids is 1. The zero-order valence-electron chi connectivity index (χ0n) is 21.1. The monoisotopic (exact) mass is 476 g/mol. The summed E-state index contributed by atoms with van der Waals surface area (Å²) in [6.07, 6.45) is 10.7. The summed E-state index contributed by atoms with van der Waals surface area (Å²) in [5, 5.41) is 6.89. The molecule has 188 valence electrons. The molecule has 2 heterocycles. The highest BCUT2D eigenvalue weighted by molar-refractivity contribution is 5.79. The standard InChI is InChI=1S/C29H38N2O.CH2O2/c1-22-6-5-17-30(22)18-15-23-9-11-24(12-10-23)26-13-14-28-21-31(19-16-27(28)20-26)29(32)25-7-3-2-4-8-25;2-1-3/h9-14,20,22,25H,2-8,15-19,21H2,1H3;1H,(H,2,3). The van der Waals surface area contributed by atoms with Crippen molar-refractivity contribution in [2.45, 2.75) is 77.3 Å². The van der Waals surface area contributed by atoms with Crippen molar-refractivity contribution in [3.05, 3.63) is 59.2 Å². The first-order chi connectivity index (χ1) is 17.1. The van der Waals surface area contributed by atoms with Gasteiger partial charge in [-0.2, -0.15) is 0 Å². The number of likely N-dealkylation sites (tertiary alicyclic amines) is 1. The molecule has 0 radical (unpaired) electrons. The van der Waals surface area contributed by atoms with Gasteiger partial charge in [0.25, 0.3) is 6.47 Å².